The smallest absolute Gasteiger partial charge is 0.356 e. The first-order valence-electron chi connectivity index (χ1n) is 4.57. The average molecular weight is 185 g/mol. The molecule has 0 radical (unpaired) electrons. The summed E-state index contributed by atoms with van der Waals surface area (Å²) in [6.07, 6.45) is 3.19. The zero-order valence-corrected chi connectivity index (χ0v) is 8.08. The Kier molecular flexibility index (Phi) is 3.73. The molecular formula is C9H15NO3. The van der Waals surface area contributed by atoms with E-state index in [9.17, 15) is 4.79 Å². The molecule has 0 aromatic rings. The lowest BCUT2D eigenvalue weighted by Crippen LogP contribution is -2.30. The lowest BCUT2D eigenvalue weighted by molar-refractivity contribution is -0.135. The topological polar surface area (TPSA) is 47.9 Å². The first-order chi connectivity index (χ1) is 6.29. The molecule has 0 bridgehead atoms. The number of esters is 1. The van der Waals surface area contributed by atoms with Crippen molar-refractivity contribution in [3.05, 3.63) is 0 Å². The van der Waals surface area contributed by atoms with Gasteiger partial charge < -0.3 is 9.57 Å². The molecule has 0 unspecified atom stereocenters. The number of hydrogen-bond donors (Lipinski definition) is 0. The first kappa shape index (κ1) is 10.0. The Morgan fingerprint density at radius 2 is 2.23 bits per heavy atom. The quantitative estimate of drug-likeness (QED) is 0.377. The molecule has 1 saturated carbocycles. The number of carbonyl (C=O) groups excluding carboxylic acids is 1. The molecule has 1 aliphatic carbocycles. The summed E-state index contributed by atoms with van der Waals surface area (Å²) < 4.78 is 4.86. The second-order valence-electron chi connectivity index (χ2n) is 3.01. The lowest BCUT2D eigenvalue weighted by Gasteiger charge is -2.24. The fourth-order valence-electron chi connectivity index (χ4n) is 1.26. The van der Waals surface area contributed by atoms with E-state index < -0.39 is 0 Å². The number of ether oxygens (including phenoxy) is 1. The zero-order valence-electron chi connectivity index (χ0n) is 8.08. The number of carbonyl (C=O) groups is 1. The van der Waals surface area contributed by atoms with Gasteiger partial charge in [0.25, 0.3) is 0 Å². The molecular weight excluding hydrogens is 170 g/mol. The van der Waals surface area contributed by atoms with Gasteiger partial charge in [-0.15, -0.1) is 0 Å². The van der Waals surface area contributed by atoms with Crippen LogP contribution in [0.4, 0.5) is 0 Å². The monoisotopic (exact) mass is 185 g/mol. The van der Waals surface area contributed by atoms with Crippen LogP contribution in [0.3, 0.4) is 0 Å². The van der Waals surface area contributed by atoms with Crippen LogP contribution >= 0.6 is 0 Å². The number of oxime groups is 1. The van der Waals surface area contributed by atoms with Gasteiger partial charge in [0.15, 0.2) is 5.71 Å². The molecule has 0 atom stereocenters. The Morgan fingerprint density at radius 3 is 2.62 bits per heavy atom. The Bertz CT molecular complexity index is 209. The number of nitrogens with zero attached hydrogens (tertiary/aromatic N) is 1. The van der Waals surface area contributed by atoms with E-state index in [2.05, 4.69) is 9.99 Å². The third kappa shape index (κ3) is 2.44. The van der Waals surface area contributed by atoms with Crippen LogP contribution in [0.5, 0.6) is 0 Å². The Hall–Kier alpha value is -1.06. The molecule has 0 aromatic heterocycles. The highest BCUT2D eigenvalue weighted by atomic mass is 16.6. The summed E-state index contributed by atoms with van der Waals surface area (Å²) in [4.78, 5) is 15.9. The van der Waals surface area contributed by atoms with Gasteiger partial charge in [-0.2, -0.15) is 0 Å². The van der Waals surface area contributed by atoms with Crippen molar-refractivity contribution in [3.63, 3.8) is 0 Å². The minimum Gasteiger partial charge on any atom is -0.461 e. The number of rotatable bonds is 4. The van der Waals surface area contributed by atoms with Crippen molar-refractivity contribution >= 4 is 11.7 Å². The van der Waals surface area contributed by atoms with E-state index in [1.807, 2.05) is 0 Å². The second kappa shape index (κ2) is 4.84. The van der Waals surface area contributed by atoms with E-state index in [1.54, 1.807) is 6.92 Å². The minimum absolute atomic E-state index is 0.249. The molecule has 0 aromatic carbocycles. The summed E-state index contributed by atoms with van der Waals surface area (Å²) in [6.45, 7) is 2.16. The highest BCUT2D eigenvalue weighted by Crippen LogP contribution is 2.28. The first-order valence-corrected chi connectivity index (χ1v) is 4.57. The largest absolute Gasteiger partial charge is 0.461 e. The van der Waals surface area contributed by atoms with Crippen molar-refractivity contribution in [2.45, 2.75) is 26.2 Å². The fraction of sp³-hybridized carbons (Fsp3) is 0.778. The molecule has 13 heavy (non-hydrogen) atoms. The summed E-state index contributed by atoms with van der Waals surface area (Å²) in [6, 6.07) is 0. The Balaban J connectivity index is 2.55. The van der Waals surface area contributed by atoms with Gasteiger partial charge in [-0.1, -0.05) is 11.6 Å². The van der Waals surface area contributed by atoms with Crippen LogP contribution in [0, 0.1) is 5.92 Å². The second-order valence-corrected chi connectivity index (χ2v) is 3.01. The summed E-state index contributed by atoms with van der Waals surface area (Å²) in [5.74, 6) is -0.0898. The molecule has 0 saturated heterocycles. The highest BCUT2D eigenvalue weighted by molar-refractivity contribution is 6.37. The summed E-state index contributed by atoms with van der Waals surface area (Å²) in [7, 11) is 1.44. The van der Waals surface area contributed by atoms with Gasteiger partial charge >= 0.3 is 5.97 Å². The van der Waals surface area contributed by atoms with Gasteiger partial charge in [0, 0.05) is 5.92 Å². The minimum atomic E-state index is -0.339. The SMILES string of the molecule is CCOC(=O)/C(=N\OC)C1CCC1. The molecule has 0 spiro atoms. The maximum atomic E-state index is 11.3. The molecule has 0 N–H and O–H groups in total. The van der Waals surface area contributed by atoms with Crippen molar-refractivity contribution in [1.82, 2.24) is 0 Å². The molecule has 1 aliphatic rings. The molecule has 0 aliphatic heterocycles. The van der Waals surface area contributed by atoms with E-state index in [0.717, 1.165) is 19.3 Å². The van der Waals surface area contributed by atoms with Crippen LogP contribution in [0.25, 0.3) is 0 Å². The average Bonchev–Trinajstić information content (AvgIpc) is 2.01. The van der Waals surface area contributed by atoms with Crippen LogP contribution in [0.15, 0.2) is 5.16 Å². The molecule has 74 valence electrons. The van der Waals surface area contributed by atoms with Crippen molar-refractivity contribution in [2.75, 3.05) is 13.7 Å². The maximum Gasteiger partial charge on any atom is 0.356 e. The van der Waals surface area contributed by atoms with Crippen molar-refractivity contribution in [1.29, 1.82) is 0 Å². The Labute approximate surface area is 77.9 Å². The maximum absolute atomic E-state index is 11.3. The third-order valence-electron chi connectivity index (χ3n) is 2.17. The van der Waals surface area contributed by atoms with Gasteiger partial charge in [0.2, 0.25) is 0 Å². The van der Waals surface area contributed by atoms with E-state index in [-0.39, 0.29) is 11.9 Å². The van der Waals surface area contributed by atoms with Gasteiger partial charge in [-0.25, -0.2) is 4.79 Å². The van der Waals surface area contributed by atoms with Crippen LogP contribution < -0.4 is 0 Å². The molecule has 1 fully saturated rings. The predicted octanol–water partition coefficient (Wildman–Crippen LogP) is 1.35. The van der Waals surface area contributed by atoms with Crippen LogP contribution in [-0.2, 0) is 14.4 Å². The van der Waals surface area contributed by atoms with Crippen molar-refractivity contribution in [3.8, 4) is 0 Å². The third-order valence-corrected chi connectivity index (χ3v) is 2.17. The summed E-state index contributed by atoms with van der Waals surface area (Å²) in [5, 5.41) is 3.71. The summed E-state index contributed by atoms with van der Waals surface area (Å²) >= 11 is 0. The van der Waals surface area contributed by atoms with Crippen LogP contribution in [0.2, 0.25) is 0 Å². The van der Waals surface area contributed by atoms with Gasteiger partial charge in [-0.3, -0.25) is 0 Å². The molecule has 0 amide bonds. The van der Waals surface area contributed by atoms with Crippen LogP contribution in [0.1, 0.15) is 26.2 Å². The fourth-order valence-corrected chi connectivity index (χ4v) is 1.26. The van der Waals surface area contributed by atoms with Gasteiger partial charge in [0.1, 0.15) is 7.11 Å². The van der Waals surface area contributed by atoms with E-state index in [4.69, 9.17) is 4.74 Å². The standard InChI is InChI=1S/C9H15NO3/c1-3-13-9(11)8(10-12-2)7-5-4-6-7/h7H,3-6H2,1-2H3/b10-8-. The highest BCUT2D eigenvalue weighted by Gasteiger charge is 2.30. The summed E-state index contributed by atoms with van der Waals surface area (Å²) in [5.41, 5.74) is 0.440. The number of hydrogen-bond acceptors (Lipinski definition) is 4. The molecule has 4 heteroatoms. The van der Waals surface area contributed by atoms with Crippen LogP contribution in [-0.4, -0.2) is 25.4 Å². The van der Waals surface area contributed by atoms with Gasteiger partial charge in [-0.05, 0) is 19.8 Å². The molecule has 4 nitrogen and oxygen atoms in total. The van der Waals surface area contributed by atoms with E-state index >= 15 is 0 Å². The molecule has 0 heterocycles. The lowest BCUT2D eigenvalue weighted by atomic mass is 9.82. The predicted molar refractivity (Wildman–Crippen MR) is 48.4 cm³/mol. The van der Waals surface area contributed by atoms with Crippen molar-refractivity contribution in [2.24, 2.45) is 11.1 Å². The van der Waals surface area contributed by atoms with E-state index in [1.165, 1.54) is 7.11 Å². The van der Waals surface area contributed by atoms with Crippen molar-refractivity contribution < 1.29 is 14.4 Å². The normalized spacial score (nSPS) is 17.8. The molecule has 1 rings (SSSR count). The Morgan fingerprint density at radius 1 is 1.54 bits per heavy atom. The zero-order chi connectivity index (χ0) is 9.68. The van der Waals surface area contributed by atoms with E-state index in [0.29, 0.717) is 12.3 Å². The van der Waals surface area contributed by atoms with Gasteiger partial charge in [0.05, 0.1) is 6.61 Å².